The monoisotopic (exact) mass is 353 g/mol. The maximum absolute atomic E-state index is 11.5. The highest BCUT2D eigenvalue weighted by Crippen LogP contribution is 2.38. The Bertz CT molecular complexity index is 618. The lowest BCUT2D eigenvalue weighted by atomic mass is 9.77. The Kier molecular flexibility index (Phi) is 5.65. The average Bonchev–Trinajstić information content (AvgIpc) is 2.72. The molecule has 0 unspecified atom stereocenters. The maximum Gasteiger partial charge on any atom is 0.496 e. The van der Waals surface area contributed by atoms with Crippen molar-refractivity contribution in [2.24, 2.45) is 0 Å². The van der Waals surface area contributed by atoms with Crippen LogP contribution in [0, 0.1) is 6.92 Å². The Hall–Kier alpha value is -1.08. The molecule has 0 amide bonds. The van der Waals surface area contributed by atoms with E-state index < -0.39 is 18.3 Å². The number of carbonyl (C=O) groups excluding carboxylic acids is 1. The summed E-state index contributed by atoms with van der Waals surface area (Å²) in [5.41, 5.74) is 0.854. The summed E-state index contributed by atoms with van der Waals surface area (Å²) >= 11 is 6.53. The largest absolute Gasteiger partial charge is 0.496 e. The number of carbonyl (C=O) groups is 1. The van der Waals surface area contributed by atoms with Gasteiger partial charge in [0.25, 0.3) is 0 Å². The van der Waals surface area contributed by atoms with Crippen LogP contribution in [0.4, 0.5) is 0 Å². The van der Waals surface area contributed by atoms with Crippen LogP contribution < -0.4 is 15.5 Å². The Labute approximate surface area is 149 Å². The third-order valence-electron chi connectivity index (χ3n) is 4.73. The van der Waals surface area contributed by atoms with Gasteiger partial charge in [0, 0.05) is 22.6 Å². The highest BCUT2D eigenvalue weighted by Gasteiger charge is 2.52. The molecule has 1 heterocycles. The summed E-state index contributed by atoms with van der Waals surface area (Å²) in [5, 5.41) is 3.50. The summed E-state index contributed by atoms with van der Waals surface area (Å²) in [6.45, 7) is 10.9. The molecular formula is C17H25BClNO4. The van der Waals surface area contributed by atoms with Crippen molar-refractivity contribution in [3.8, 4) is 5.75 Å². The van der Waals surface area contributed by atoms with E-state index in [0.717, 1.165) is 6.29 Å². The molecule has 1 aromatic carbocycles. The molecule has 0 aliphatic carbocycles. The number of benzene rings is 1. The smallest absolute Gasteiger partial charge is 0.491 e. The van der Waals surface area contributed by atoms with E-state index in [9.17, 15) is 4.79 Å². The Morgan fingerprint density at radius 1 is 1.29 bits per heavy atom. The molecule has 1 saturated heterocycles. The molecule has 0 radical (unpaired) electrons. The lowest BCUT2D eigenvalue weighted by Gasteiger charge is -2.32. The van der Waals surface area contributed by atoms with Crippen LogP contribution in [0.25, 0.3) is 0 Å². The molecule has 1 aliphatic rings. The van der Waals surface area contributed by atoms with Gasteiger partial charge in [0.15, 0.2) is 6.29 Å². The van der Waals surface area contributed by atoms with Crippen LogP contribution in [0.5, 0.6) is 5.75 Å². The van der Waals surface area contributed by atoms with E-state index in [1.807, 2.05) is 41.7 Å². The van der Waals surface area contributed by atoms with Crippen LogP contribution in [0.15, 0.2) is 6.07 Å². The minimum atomic E-state index is -0.619. The molecule has 24 heavy (non-hydrogen) atoms. The highest BCUT2D eigenvalue weighted by atomic mass is 35.5. The van der Waals surface area contributed by atoms with Gasteiger partial charge < -0.3 is 19.4 Å². The third kappa shape index (κ3) is 3.47. The van der Waals surface area contributed by atoms with Crippen LogP contribution >= 0.6 is 11.6 Å². The van der Waals surface area contributed by atoms with E-state index in [1.165, 1.54) is 0 Å². The highest BCUT2D eigenvalue weighted by molar-refractivity contribution is 6.66. The molecule has 0 spiro atoms. The molecule has 0 saturated carbocycles. The summed E-state index contributed by atoms with van der Waals surface area (Å²) in [6, 6.07) is 1.69. The van der Waals surface area contributed by atoms with Crippen molar-refractivity contribution < 1.29 is 18.8 Å². The first-order chi connectivity index (χ1) is 11.1. The summed E-state index contributed by atoms with van der Waals surface area (Å²) in [7, 11) is 1.22. The fourth-order valence-electron chi connectivity index (χ4n) is 2.50. The van der Waals surface area contributed by atoms with Crippen molar-refractivity contribution in [3.63, 3.8) is 0 Å². The second-order valence-corrected chi connectivity index (χ2v) is 7.36. The summed E-state index contributed by atoms with van der Waals surface area (Å²) in [5.74, 6) is 0.505. The SMILES string of the molecule is CNCCOc1c(C=O)cc(B2OC(C)(C)C(C)(C)O2)c(Cl)c1C. The molecule has 0 bridgehead atoms. The lowest BCUT2D eigenvalue weighted by Crippen LogP contribution is -2.41. The van der Waals surface area contributed by atoms with Crippen LogP contribution in [0.1, 0.15) is 43.6 Å². The van der Waals surface area contributed by atoms with Gasteiger partial charge in [0.1, 0.15) is 12.4 Å². The number of aldehydes is 1. The molecule has 0 aromatic heterocycles. The minimum Gasteiger partial charge on any atom is -0.491 e. The topological polar surface area (TPSA) is 56.8 Å². The lowest BCUT2D eigenvalue weighted by molar-refractivity contribution is 0.00578. The Morgan fingerprint density at radius 2 is 1.88 bits per heavy atom. The summed E-state index contributed by atoms with van der Waals surface area (Å²) in [4.78, 5) is 11.5. The Balaban J connectivity index is 2.40. The molecule has 1 aliphatic heterocycles. The second kappa shape index (κ2) is 7.04. The molecule has 1 fully saturated rings. The second-order valence-electron chi connectivity index (χ2n) is 6.98. The van der Waals surface area contributed by atoms with Crippen molar-refractivity contribution in [1.82, 2.24) is 5.32 Å². The van der Waals surface area contributed by atoms with Gasteiger partial charge >= 0.3 is 7.12 Å². The third-order valence-corrected chi connectivity index (χ3v) is 5.23. The number of rotatable bonds is 6. The van der Waals surface area contributed by atoms with Crippen LogP contribution in [0.3, 0.4) is 0 Å². The van der Waals surface area contributed by atoms with Gasteiger partial charge in [0.05, 0.1) is 16.8 Å². The first kappa shape index (κ1) is 19.3. The number of hydrogen-bond acceptors (Lipinski definition) is 5. The average molecular weight is 354 g/mol. The van der Waals surface area contributed by atoms with Gasteiger partial charge in [-0.15, -0.1) is 0 Å². The normalized spacial score (nSPS) is 18.7. The first-order valence-electron chi connectivity index (χ1n) is 8.06. The van der Waals surface area contributed by atoms with Gasteiger partial charge in [-0.25, -0.2) is 0 Å². The fourth-order valence-corrected chi connectivity index (χ4v) is 2.73. The molecule has 132 valence electrons. The molecule has 1 N–H and O–H groups in total. The zero-order valence-corrected chi connectivity index (χ0v) is 15.9. The molecule has 1 aromatic rings. The van der Waals surface area contributed by atoms with Gasteiger partial charge in [-0.1, -0.05) is 11.6 Å². The predicted octanol–water partition coefficient (Wildman–Crippen LogP) is 2.36. The number of likely N-dealkylation sites (N-methyl/N-ethyl adjacent to an activating group) is 1. The van der Waals surface area contributed by atoms with E-state index >= 15 is 0 Å². The van der Waals surface area contributed by atoms with E-state index in [4.69, 9.17) is 25.6 Å². The molecule has 0 atom stereocenters. The fraction of sp³-hybridized carbons (Fsp3) is 0.588. The number of halogens is 1. The number of nitrogens with one attached hydrogen (secondary N) is 1. The van der Waals surface area contributed by atoms with Crippen LogP contribution in [0.2, 0.25) is 5.02 Å². The maximum atomic E-state index is 11.5. The van der Waals surface area contributed by atoms with E-state index in [1.54, 1.807) is 6.07 Å². The summed E-state index contributed by atoms with van der Waals surface area (Å²) in [6.07, 6.45) is 0.771. The molecular weight excluding hydrogens is 328 g/mol. The zero-order valence-electron chi connectivity index (χ0n) is 15.2. The van der Waals surface area contributed by atoms with Crippen molar-refractivity contribution in [2.75, 3.05) is 20.2 Å². The minimum absolute atomic E-state index is 0.442. The van der Waals surface area contributed by atoms with E-state index in [2.05, 4.69) is 5.32 Å². The number of ether oxygens (including phenoxy) is 1. The van der Waals surface area contributed by atoms with E-state index in [-0.39, 0.29) is 0 Å². The quantitative estimate of drug-likeness (QED) is 0.483. The first-order valence-corrected chi connectivity index (χ1v) is 8.43. The predicted molar refractivity (Wildman–Crippen MR) is 96.7 cm³/mol. The van der Waals surface area contributed by atoms with Crippen molar-refractivity contribution in [1.29, 1.82) is 0 Å². The van der Waals surface area contributed by atoms with Crippen LogP contribution in [-0.4, -0.2) is 44.8 Å². The van der Waals surface area contributed by atoms with Crippen molar-refractivity contribution in [2.45, 2.75) is 45.8 Å². The number of hydrogen-bond donors (Lipinski definition) is 1. The Morgan fingerprint density at radius 3 is 2.38 bits per heavy atom. The van der Waals surface area contributed by atoms with Gasteiger partial charge in [0.2, 0.25) is 0 Å². The molecule has 5 nitrogen and oxygen atoms in total. The molecule has 2 rings (SSSR count). The van der Waals surface area contributed by atoms with Crippen molar-refractivity contribution >= 4 is 30.5 Å². The van der Waals surface area contributed by atoms with Gasteiger partial charge in [-0.05, 0) is 47.7 Å². The van der Waals surface area contributed by atoms with Crippen molar-refractivity contribution in [3.05, 3.63) is 22.2 Å². The van der Waals surface area contributed by atoms with E-state index in [0.29, 0.717) is 40.5 Å². The zero-order chi connectivity index (χ0) is 18.1. The van der Waals surface area contributed by atoms with Crippen LogP contribution in [-0.2, 0) is 9.31 Å². The van der Waals surface area contributed by atoms with Gasteiger partial charge in [-0.3, -0.25) is 4.79 Å². The molecule has 7 heteroatoms. The van der Waals surface area contributed by atoms with Gasteiger partial charge in [-0.2, -0.15) is 0 Å². The standard InChI is InChI=1S/C17H25BClNO4/c1-11-14(19)13(18-23-16(2,3)17(4,5)24-18)9-12(10-21)15(11)22-8-7-20-6/h9-10,20H,7-8H2,1-6H3. The summed E-state index contributed by atoms with van der Waals surface area (Å²) < 4.78 is 17.8.